The third-order valence-corrected chi connectivity index (χ3v) is 4.25. The minimum absolute atomic E-state index is 0.0867. The average Bonchev–Trinajstić information content (AvgIpc) is 3.00. The third-order valence-electron chi connectivity index (χ3n) is 4.25. The molecule has 4 rings (SSSR count). The van der Waals surface area contributed by atoms with E-state index in [4.69, 9.17) is 14.2 Å². The van der Waals surface area contributed by atoms with Crippen molar-refractivity contribution in [3.8, 4) is 17.2 Å². The fraction of sp³-hybridized carbons (Fsp3) is 0.0500. The van der Waals surface area contributed by atoms with Crippen molar-refractivity contribution >= 4 is 17.2 Å². The Kier molecular flexibility index (Phi) is 4.51. The van der Waals surface area contributed by atoms with Gasteiger partial charge in [-0.25, -0.2) is 0 Å². The van der Waals surface area contributed by atoms with E-state index in [-0.39, 0.29) is 34.2 Å². The Bertz CT molecular complexity index is 1080. The van der Waals surface area contributed by atoms with Crippen molar-refractivity contribution in [1.82, 2.24) is 0 Å². The van der Waals surface area contributed by atoms with E-state index in [2.05, 4.69) is 0 Å². The van der Waals surface area contributed by atoms with Gasteiger partial charge in [0.05, 0.1) is 15.4 Å². The number of ether oxygens (including phenoxy) is 3. The Morgan fingerprint density at radius 1 is 0.733 bits per heavy atom. The Labute approximate surface area is 168 Å². The number of non-ortho nitro benzene ring substituents is 2. The van der Waals surface area contributed by atoms with Gasteiger partial charge in [0.1, 0.15) is 17.2 Å². The highest BCUT2D eigenvalue weighted by atomic mass is 16.9. The second kappa shape index (κ2) is 7.17. The zero-order valence-electron chi connectivity index (χ0n) is 15.1. The number of nitro benzene ring substituents is 2. The molecule has 0 fully saturated rings. The van der Waals surface area contributed by atoms with Gasteiger partial charge in [-0.15, -0.1) is 0 Å². The molecule has 0 saturated heterocycles. The predicted molar refractivity (Wildman–Crippen MR) is 102 cm³/mol. The normalized spacial score (nSPS) is 13.8. The zero-order chi connectivity index (χ0) is 21.3. The number of rotatable bonds is 6. The molecular weight excluding hydrogens is 396 g/mol. The summed E-state index contributed by atoms with van der Waals surface area (Å²) in [6.07, 6.45) is 0. The van der Waals surface area contributed by atoms with Crippen LogP contribution in [-0.4, -0.2) is 21.6 Å². The van der Waals surface area contributed by atoms with Gasteiger partial charge in [0.2, 0.25) is 0 Å². The number of para-hydroxylation sites is 1. The predicted octanol–water partition coefficient (Wildman–Crippen LogP) is 3.89. The van der Waals surface area contributed by atoms with Crippen molar-refractivity contribution in [3.05, 3.63) is 98.6 Å². The monoisotopic (exact) mass is 408 g/mol. The highest BCUT2D eigenvalue weighted by molar-refractivity contribution is 6.06. The average molecular weight is 408 g/mol. The van der Waals surface area contributed by atoms with E-state index >= 15 is 0 Å². The van der Waals surface area contributed by atoms with Crippen LogP contribution in [0.5, 0.6) is 17.2 Å². The Hall–Kier alpha value is -4.47. The molecule has 0 radical (unpaired) electrons. The van der Waals surface area contributed by atoms with Crippen LogP contribution in [-0.2, 0) is 0 Å². The quantitative estimate of drug-likeness (QED) is 0.341. The standard InChI is InChI=1S/C20H12N2O8/c23-19-17-3-1-2-4-18(17)30-20(19,28-15-9-5-13(6-10-15)21(24)25)29-16-11-7-14(8-12-16)22(26)27/h1-12H. The molecule has 1 aliphatic rings. The number of Topliss-reactive ketones (excluding diaryl/α,β-unsaturated/α-hetero) is 1. The first-order valence-corrected chi connectivity index (χ1v) is 8.58. The summed E-state index contributed by atoms with van der Waals surface area (Å²) >= 11 is 0. The van der Waals surface area contributed by atoms with Crippen molar-refractivity contribution < 1.29 is 28.9 Å². The molecule has 3 aromatic rings. The molecule has 1 heterocycles. The van der Waals surface area contributed by atoms with Crippen LogP contribution in [0, 0.1) is 20.2 Å². The maximum Gasteiger partial charge on any atom is 0.487 e. The molecule has 0 aliphatic carbocycles. The van der Waals surface area contributed by atoms with Crippen molar-refractivity contribution in [3.63, 3.8) is 0 Å². The van der Waals surface area contributed by atoms with Crippen LogP contribution in [0.25, 0.3) is 0 Å². The van der Waals surface area contributed by atoms with E-state index in [0.717, 1.165) is 0 Å². The third kappa shape index (κ3) is 3.37. The van der Waals surface area contributed by atoms with Crippen LogP contribution in [0.1, 0.15) is 10.4 Å². The summed E-state index contributed by atoms with van der Waals surface area (Å²) in [7, 11) is 0. The van der Waals surface area contributed by atoms with Gasteiger partial charge in [-0.1, -0.05) is 12.1 Å². The lowest BCUT2D eigenvalue weighted by Gasteiger charge is -2.27. The molecule has 0 spiro atoms. The van der Waals surface area contributed by atoms with Gasteiger partial charge in [-0.3, -0.25) is 25.0 Å². The van der Waals surface area contributed by atoms with E-state index in [1.54, 1.807) is 18.2 Å². The summed E-state index contributed by atoms with van der Waals surface area (Å²) in [6, 6.07) is 16.5. The number of hydrogen-bond acceptors (Lipinski definition) is 8. The van der Waals surface area contributed by atoms with E-state index in [1.807, 2.05) is 0 Å². The number of ketones is 1. The second-order valence-electron chi connectivity index (χ2n) is 6.19. The smallest absolute Gasteiger partial charge is 0.414 e. The van der Waals surface area contributed by atoms with Crippen molar-refractivity contribution in [2.75, 3.05) is 0 Å². The Morgan fingerprint density at radius 2 is 1.20 bits per heavy atom. The molecule has 0 bridgehead atoms. The number of hydrogen-bond donors (Lipinski definition) is 0. The van der Waals surface area contributed by atoms with Crippen LogP contribution in [0.2, 0.25) is 0 Å². The molecule has 0 aromatic heterocycles. The SMILES string of the molecule is O=C1c2ccccc2OC1(Oc1ccc([N+](=O)[O-])cc1)Oc1ccc([N+](=O)[O-])cc1. The van der Waals surface area contributed by atoms with Gasteiger partial charge in [0, 0.05) is 24.3 Å². The largest absolute Gasteiger partial charge is 0.487 e. The minimum atomic E-state index is -2.24. The van der Waals surface area contributed by atoms with Crippen LogP contribution < -0.4 is 14.2 Å². The van der Waals surface area contributed by atoms with Gasteiger partial charge < -0.3 is 14.2 Å². The second-order valence-corrected chi connectivity index (χ2v) is 6.19. The van der Waals surface area contributed by atoms with Crippen LogP contribution in [0.4, 0.5) is 11.4 Å². The fourth-order valence-corrected chi connectivity index (χ4v) is 2.84. The van der Waals surface area contributed by atoms with Gasteiger partial charge in [0.25, 0.3) is 17.2 Å². The summed E-state index contributed by atoms with van der Waals surface area (Å²) in [5.41, 5.74) is -0.0920. The molecular formula is C20H12N2O8. The summed E-state index contributed by atoms with van der Waals surface area (Å²) in [6.45, 7) is 0. The molecule has 0 amide bonds. The van der Waals surface area contributed by atoms with E-state index in [1.165, 1.54) is 54.6 Å². The Morgan fingerprint density at radius 3 is 1.63 bits per heavy atom. The lowest BCUT2D eigenvalue weighted by molar-refractivity contribution is -0.385. The summed E-state index contributed by atoms with van der Waals surface area (Å²) < 4.78 is 17.2. The van der Waals surface area contributed by atoms with Crippen molar-refractivity contribution in [2.24, 2.45) is 0 Å². The number of benzene rings is 3. The van der Waals surface area contributed by atoms with Crippen LogP contribution in [0.3, 0.4) is 0 Å². The Balaban J connectivity index is 1.69. The molecule has 0 unspecified atom stereocenters. The van der Waals surface area contributed by atoms with Crippen molar-refractivity contribution in [2.45, 2.75) is 5.97 Å². The van der Waals surface area contributed by atoms with E-state index < -0.39 is 21.6 Å². The number of carbonyl (C=O) groups excluding carboxylic acids is 1. The van der Waals surface area contributed by atoms with Gasteiger partial charge >= 0.3 is 5.97 Å². The van der Waals surface area contributed by atoms with Gasteiger partial charge in [-0.2, -0.15) is 0 Å². The summed E-state index contributed by atoms with van der Waals surface area (Å²) in [5, 5.41) is 21.7. The molecule has 0 saturated carbocycles. The first-order chi connectivity index (χ1) is 14.4. The van der Waals surface area contributed by atoms with Gasteiger partial charge in [-0.05, 0) is 36.4 Å². The highest BCUT2D eigenvalue weighted by Gasteiger charge is 2.54. The lowest BCUT2D eigenvalue weighted by Crippen LogP contribution is -2.51. The maximum absolute atomic E-state index is 13.1. The molecule has 150 valence electrons. The number of fused-ring (bicyclic) bond motifs is 1. The molecule has 3 aromatic carbocycles. The van der Waals surface area contributed by atoms with E-state index in [9.17, 15) is 25.0 Å². The van der Waals surface area contributed by atoms with Crippen LogP contribution >= 0.6 is 0 Å². The minimum Gasteiger partial charge on any atom is -0.414 e. The number of carbonyl (C=O) groups is 1. The topological polar surface area (TPSA) is 131 Å². The van der Waals surface area contributed by atoms with E-state index in [0.29, 0.717) is 0 Å². The van der Waals surface area contributed by atoms with Crippen LogP contribution in [0.15, 0.2) is 72.8 Å². The maximum atomic E-state index is 13.1. The molecule has 1 aliphatic heterocycles. The molecule has 30 heavy (non-hydrogen) atoms. The molecule has 0 N–H and O–H groups in total. The molecule has 0 atom stereocenters. The number of nitrogens with zero attached hydrogens (tertiary/aromatic N) is 2. The lowest BCUT2D eigenvalue weighted by atomic mass is 10.1. The fourth-order valence-electron chi connectivity index (χ4n) is 2.84. The van der Waals surface area contributed by atoms with Crippen molar-refractivity contribution in [1.29, 1.82) is 0 Å². The summed E-state index contributed by atoms with van der Waals surface area (Å²) in [5.74, 6) is -2.47. The molecule has 10 nitrogen and oxygen atoms in total. The zero-order valence-corrected chi connectivity index (χ0v) is 15.1. The molecule has 10 heteroatoms. The first kappa shape index (κ1) is 18.9. The van der Waals surface area contributed by atoms with Gasteiger partial charge in [0.15, 0.2) is 0 Å². The highest BCUT2D eigenvalue weighted by Crippen LogP contribution is 2.38. The summed E-state index contributed by atoms with van der Waals surface area (Å²) in [4.78, 5) is 33.6. The number of nitro groups is 2. The first-order valence-electron chi connectivity index (χ1n) is 8.58.